The molecular weight excluding hydrogens is 269 g/mol. The van der Waals surface area contributed by atoms with E-state index in [2.05, 4.69) is 5.32 Å². The predicted molar refractivity (Wildman–Crippen MR) is 78.6 cm³/mol. The van der Waals surface area contributed by atoms with E-state index in [0.717, 1.165) is 0 Å². The SMILES string of the molecule is O=C(/C=C\NCC(=O)c1ccccc1)c1ccc(F)cc1. The van der Waals surface area contributed by atoms with E-state index >= 15 is 0 Å². The molecule has 0 aliphatic heterocycles. The third-order valence-electron chi connectivity index (χ3n) is 2.84. The highest BCUT2D eigenvalue weighted by molar-refractivity contribution is 6.04. The normalized spacial score (nSPS) is 10.5. The first-order valence-electron chi connectivity index (χ1n) is 6.45. The second kappa shape index (κ2) is 7.14. The van der Waals surface area contributed by atoms with Crippen molar-refractivity contribution in [2.75, 3.05) is 6.54 Å². The zero-order chi connectivity index (χ0) is 15.1. The molecule has 0 bridgehead atoms. The summed E-state index contributed by atoms with van der Waals surface area (Å²) < 4.78 is 12.7. The number of ketones is 2. The summed E-state index contributed by atoms with van der Waals surface area (Å²) in [6, 6.07) is 14.2. The van der Waals surface area contributed by atoms with E-state index < -0.39 is 0 Å². The van der Waals surface area contributed by atoms with Crippen LogP contribution in [0.15, 0.2) is 66.9 Å². The smallest absolute Gasteiger partial charge is 0.187 e. The number of carbonyl (C=O) groups excluding carboxylic acids is 2. The molecule has 0 fully saturated rings. The molecule has 0 unspecified atom stereocenters. The lowest BCUT2D eigenvalue weighted by Crippen LogP contribution is -2.18. The number of hydrogen-bond donors (Lipinski definition) is 1. The molecule has 0 saturated carbocycles. The van der Waals surface area contributed by atoms with Crippen molar-refractivity contribution in [3.8, 4) is 0 Å². The van der Waals surface area contributed by atoms with E-state index in [1.54, 1.807) is 24.3 Å². The van der Waals surface area contributed by atoms with E-state index in [9.17, 15) is 14.0 Å². The summed E-state index contributed by atoms with van der Waals surface area (Å²) in [4.78, 5) is 23.5. The Morgan fingerprint density at radius 3 is 2.29 bits per heavy atom. The van der Waals surface area contributed by atoms with E-state index in [1.165, 1.54) is 36.5 Å². The van der Waals surface area contributed by atoms with Gasteiger partial charge >= 0.3 is 0 Å². The Hall–Kier alpha value is -2.75. The zero-order valence-corrected chi connectivity index (χ0v) is 11.3. The van der Waals surface area contributed by atoms with Gasteiger partial charge in [0.25, 0.3) is 0 Å². The molecule has 0 aliphatic carbocycles. The summed E-state index contributed by atoms with van der Waals surface area (Å²) in [6.45, 7) is 0.108. The number of allylic oxidation sites excluding steroid dienone is 1. The van der Waals surface area contributed by atoms with Gasteiger partial charge in [-0.25, -0.2) is 4.39 Å². The van der Waals surface area contributed by atoms with Crippen LogP contribution in [0.4, 0.5) is 4.39 Å². The summed E-state index contributed by atoms with van der Waals surface area (Å²) in [6.07, 6.45) is 2.73. The summed E-state index contributed by atoms with van der Waals surface area (Å²) in [5.74, 6) is -0.703. The fourth-order valence-corrected chi connectivity index (χ4v) is 1.72. The Kier molecular flexibility index (Phi) is 4.99. The molecule has 2 aromatic rings. The van der Waals surface area contributed by atoms with Crippen molar-refractivity contribution in [2.24, 2.45) is 0 Å². The van der Waals surface area contributed by atoms with E-state index in [-0.39, 0.29) is 23.9 Å². The van der Waals surface area contributed by atoms with Crippen molar-refractivity contribution < 1.29 is 14.0 Å². The number of Topliss-reactive ketones (excluding diaryl/α,β-unsaturated/α-hetero) is 1. The fraction of sp³-hybridized carbons (Fsp3) is 0.0588. The Morgan fingerprint density at radius 1 is 0.952 bits per heavy atom. The van der Waals surface area contributed by atoms with Crippen LogP contribution in [0.1, 0.15) is 20.7 Å². The van der Waals surface area contributed by atoms with Gasteiger partial charge in [0.2, 0.25) is 0 Å². The first kappa shape index (κ1) is 14.7. The van der Waals surface area contributed by atoms with Crippen molar-refractivity contribution >= 4 is 11.6 Å². The molecule has 0 aliphatic rings. The second-order valence-electron chi connectivity index (χ2n) is 4.37. The number of nitrogens with one attached hydrogen (secondary N) is 1. The first-order chi connectivity index (χ1) is 10.2. The molecule has 0 radical (unpaired) electrons. The number of benzene rings is 2. The minimum absolute atomic E-state index is 0.0607. The molecule has 0 atom stereocenters. The molecule has 0 aromatic heterocycles. The van der Waals surface area contributed by atoms with Gasteiger partial charge in [0.05, 0.1) is 6.54 Å². The summed E-state index contributed by atoms with van der Waals surface area (Å²) >= 11 is 0. The van der Waals surface area contributed by atoms with Crippen molar-refractivity contribution in [3.05, 3.63) is 83.8 Å². The Morgan fingerprint density at radius 2 is 1.62 bits per heavy atom. The second-order valence-corrected chi connectivity index (χ2v) is 4.37. The lowest BCUT2D eigenvalue weighted by Gasteiger charge is -2.00. The van der Waals surface area contributed by atoms with Gasteiger partial charge in [-0.1, -0.05) is 30.3 Å². The highest BCUT2D eigenvalue weighted by atomic mass is 19.1. The number of halogens is 1. The van der Waals surface area contributed by atoms with Crippen molar-refractivity contribution in [1.29, 1.82) is 0 Å². The molecule has 0 heterocycles. The molecule has 21 heavy (non-hydrogen) atoms. The number of carbonyl (C=O) groups is 2. The van der Waals surface area contributed by atoms with Gasteiger partial charge in [0, 0.05) is 23.4 Å². The highest BCUT2D eigenvalue weighted by Crippen LogP contribution is 2.04. The van der Waals surface area contributed by atoms with Crippen LogP contribution < -0.4 is 5.32 Å². The maximum absolute atomic E-state index is 12.7. The molecule has 2 aromatic carbocycles. The first-order valence-corrected chi connectivity index (χ1v) is 6.45. The number of hydrogen-bond acceptors (Lipinski definition) is 3. The van der Waals surface area contributed by atoms with Crippen LogP contribution in [0.5, 0.6) is 0 Å². The van der Waals surface area contributed by atoms with Crippen LogP contribution in [0.3, 0.4) is 0 Å². The van der Waals surface area contributed by atoms with Gasteiger partial charge in [-0.2, -0.15) is 0 Å². The maximum atomic E-state index is 12.7. The lowest BCUT2D eigenvalue weighted by atomic mass is 10.1. The zero-order valence-electron chi connectivity index (χ0n) is 11.3. The van der Waals surface area contributed by atoms with E-state index in [4.69, 9.17) is 0 Å². The largest absolute Gasteiger partial charge is 0.383 e. The molecule has 1 N–H and O–H groups in total. The van der Waals surface area contributed by atoms with Gasteiger partial charge in [-0.15, -0.1) is 0 Å². The molecule has 0 saturated heterocycles. The molecule has 106 valence electrons. The standard InChI is InChI=1S/C17H14FNO2/c18-15-8-6-14(7-9-15)16(20)10-11-19-12-17(21)13-4-2-1-3-5-13/h1-11,19H,12H2/b11-10-. The number of rotatable bonds is 6. The van der Waals surface area contributed by atoms with Crippen LogP contribution >= 0.6 is 0 Å². The van der Waals surface area contributed by atoms with Crippen molar-refractivity contribution in [1.82, 2.24) is 5.32 Å². The van der Waals surface area contributed by atoms with Gasteiger partial charge < -0.3 is 5.32 Å². The van der Waals surface area contributed by atoms with Crippen LogP contribution in [0.25, 0.3) is 0 Å². The minimum atomic E-state index is -0.387. The van der Waals surface area contributed by atoms with Crippen LogP contribution in [-0.2, 0) is 0 Å². The quantitative estimate of drug-likeness (QED) is 0.655. The van der Waals surface area contributed by atoms with Gasteiger partial charge in [-0.3, -0.25) is 9.59 Å². The average molecular weight is 283 g/mol. The molecular formula is C17H14FNO2. The molecule has 2 rings (SSSR count). The highest BCUT2D eigenvalue weighted by Gasteiger charge is 2.03. The summed E-state index contributed by atoms with van der Waals surface area (Å²) in [5.41, 5.74) is 1.01. The van der Waals surface area contributed by atoms with Crippen molar-refractivity contribution in [3.63, 3.8) is 0 Å². The summed E-state index contributed by atoms with van der Waals surface area (Å²) in [7, 11) is 0. The molecule has 4 heteroatoms. The van der Waals surface area contributed by atoms with Crippen LogP contribution in [0, 0.1) is 5.82 Å². The molecule has 0 spiro atoms. The third kappa shape index (κ3) is 4.38. The maximum Gasteiger partial charge on any atom is 0.187 e. The minimum Gasteiger partial charge on any atom is -0.383 e. The van der Waals surface area contributed by atoms with E-state index in [0.29, 0.717) is 11.1 Å². The topological polar surface area (TPSA) is 46.2 Å². The van der Waals surface area contributed by atoms with Gasteiger partial charge in [-0.05, 0) is 24.3 Å². The van der Waals surface area contributed by atoms with Crippen LogP contribution in [-0.4, -0.2) is 18.1 Å². The van der Waals surface area contributed by atoms with Crippen LogP contribution in [0.2, 0.25) is 0 Å². The lowest BCUT2D eigenvalue weighted by molar-refractivity contribution is 0.0992. The fourth-order valence-electron chi connectivity index (χ4n) is 1.72. The average Bonchev–Trinajstić information content (AvgIpc) is 2.52. The Balaban J connectivity index is 1.84. The van der Waals surface area contributed by atoms with E-state index in [1.807, 2.05) is 6.07 Å². The van der Waals surface area contributed by atoms with Gasteiger partial charge in [0.1, 0.15) is 5.82 Å². The monoisotopic (exact) mass is 283 g/mol. The molecule has 0 amide bonds. The third-order valence-corrected chi connectivity index (χ3v) is 2.84. The predicted octanol–water partition coefficient (Wildman–Crippen LogP) is 2.99. The Labute approximate surface area is 122 Å². The van der Waals surface area contributed by atoms with Crippen molar-refractivity contribution in [2.45, 2.75) is 0 Å². The Bertz CT molecular complexity index is 648. The van der Waals surface area contributed by atoms with Gasteiger partial charge in [0.15, 0.2) is 11.6 Å². The molecule has 3 nitrogen and oxygen atoms in total. The summed E-state index contributed by atoms with van der Waals surface area (Å²) in [5, 5.41) is 2.77.